The Labute approximate surface area is 106 Å². The zero-order valence-corrected chi connectivity index (χ0v) is 10.8. The van der Waals surface area contributed by atoms with E-state index in [1.54, 1.807) is 23.1 Å². The summed E-state index contributed by atoms with van der Waals surface area (Å²) in [7, 11) is 0. The van der Waals surface area contributed by atoms with Crippen molar-refractivity contribution in [1.82, 2.24) is 4.90 Å². The molecule has 4 heteroatoms. The standard InChI is InChI=1S/C14H18N2O2/c1-3-7-16(4-2)14(17)13-9-10-8-11(15)5-6-12(10)18-13/h5-6,8-9H,3-4,7,15H2,1-2H3. The number of anilines is 1. The number of nitrogens with zero attached hydrogens (tertiary/aromatic N) is 1. The van der Waals surface area contributed by atoms with Gasteiger partial charge in [-0.15, -0.1) is 0 Å². The second-order valence-electron chi connectivity index (χ2n) is 4.29. The molecule has 0 aliphatic heterocycles. The maximum absolute atomic E-state index is 12.2. The van der Waals surface area contributed by atoms with Crippen molar-refractivity contribution in [3.05, 3.63) is 30.0 Å². The van der Waals surface area contributed by atoms with Crippen molar-refractivity contribution in [2.24, 2.45) is 0 Å². The summed E-state index contributed by atoms with van der Waals surface area (Å²) in [5.41, 5.74) is 7.07. The Kier molecular flexibility index (Phi) is 3.55. The first-order valence-corrected chi connectivity index (χ1v) is 6.24. The van der Waals surface area contributed by atoms with E-state index in [9.17, 15) is 4.79 Å². The van der Waals surface area contributed by atoms with Crippen molar-refractivity contribution >= 4 is 22.6 Å². The Morgan fingerprint density at radius 1 is 1.33 bits per heavy atom. The van der Waals surface area contributed by atoms with Gasteiger partial charge in [0.15, 0.2) is 5.76 Å². The Morgan fingerprint density at radius 2 is 2.11 bits per heavy atom. The van der Waals surface area contributed by atoms with Crippen molar-refractivity contribution in [2.45, 2.75) is 20.3 Å². The fraction of sp³-hybridized carbons (Fsp3) is 0.357. The third-order valence-electron chi connectivity index (χ3n) is 2.91. The van der Waals surface area contributed by atoms with Crippen LogP contribution in [0.25, 0.3) is 11.0 Å². The quantitative estimate of drug-likeness (QED) is 0.844. The Hall–Kier alpha value is -1.97. The van der Waals surface area contributed by atoms with Crippen molar-refractivity contribution in [3.8, 4) is 0 Å². The summed E-state index contributed by atoms with van der Waals surface area (Å²) >= 11 is 0. The highest BCUT2D eigenvalue weighted by molar-refractivity contribution is 5.96. The van der Waals surface area contributed by atoms with E-state index < -0.39 is 0 Å². The molecule has 1 aromatic heterocycles. The SMILES string of the molecule is CCCN(CC)C(=O)c1cc2cc(N)ccc2o1. The number of benzene rings is 1. The summed E-state index contributed by atoms with van der Waals surface area (Å²) in [6.07, 6.45) is 0.937. The molecule has 0 spiro atoms. The molecule has 2 N–H and O–H groups in total. The highest BCUT2D eigenvalue weighted by Gasteiger charge is 2.17. The van der Waals surface area contributed by atoms with Gasteiger partial charge in [0.05, 0.1) is 0 Å². The van der Waals surface area contributed by atoms with Gasteiger partial charge in [0, 0.05) is 24.2 Å². The molecule has 0 unspecified atom stereocenters. The number of rotatable bonds is 4. The fourth-order valence-electron chi connectivity index (χ4n) is 2.00. The highest BCUT2D eigenvalue weighted by atomic mass is 16.3. The van der Waals surface area contributed by atoms with Gasteiger partial charge in [0.2, 0.25) is 0 Å². The first kappa shape index (κ1) is 12.5. The summed E-state index contributed by atoms with van der Waals surface area (Å²) in [6.45, 7) is 5.45. The Bertz CT molecular complexity index is 560. The molecular weight excluding hydrogens is 228 g/mol. The predicted molar refractivity (Wildman–Crippen MR) is 72.5 cm³/mol. The molecule has 2 rings (SSSR count). The lowest BCUT2D eigenvalue weighted by molar-refractivity contribution is 0.0735. The van der Waals surface area contributed by atoms with Gasteiger partial charge in [-0.3, -0.25) is 4.79 Å². The van der Waals surface area contributed by atoms with Crippen LogP contribution in [0.2, 0.25) is 0 Å². The van der Waals surface area contributed by atoms with Crippen LogP contribution in [0, 0.1) is 0 Å². The molecule has 4 nitrogen and oxygen atoms in total. The molecule has 1 amide bonds. The topological polar surface area (TPSA) is 59.5 Å². The largest absolute Gasteiger partial charge is 0.451 e. The number of nitrogen functional groups attached to an aromatic ring is 1. The van der Waals surface area contributed by atoms with E-state index in [0.29, 0.717) is 23.6 Å². The van der Waals surface area contributed by atoms with E-state index in [1.807, 2.05) is 13.0 Å². The van der Waals surface area contributed by atoms with Crippen LogP contribution in [0.5, 0.6) is 0 Å². The molecular formula is C14H18N2O2. The van der Waals surface area contributed by atoms with Crippen molar-refractivity contribution in [1.29, 1.82) is 0 Å². The van der Waals surface area contributed by atoms with Gasteiger partial charge >= 0.3 is 0 Å². The zero-order valence-electron chi connectivity index (χ0n) is 10.8. The van der Waals surface area contributed by atoms with Crippen LogP contribution in [0.3, 0.4) is 0 Å². The van der Waals surface area contributed by atoms with E-state index in [-0.39, 0.29) is 5.91 Å². The average molecular weight is 246 g/mol. The molecule has 0 atom stereocenters. The average Bonchev–Trinajstić information content (AvgIpc) is 2.77. The smallest absolute Gasteiger partial charge is 0.289 e. The summed E-state index contributed by atoms with van der Waals surface area (Å²) in [5.74, 6) is 0.319. The molecule has 0 fully saturated rings. The number of nitrogens with two attached hydrogens (primary N) is 1. The summed E-state index contributed by atoms with van der Waals surface area (Å²) in [6, 6.07) is 7.12. The van der Waals surface area contributed by atoms with Gasteiger partial charge in [0.1, 0.15) is 5.58 Å². The number of furan rings is 1. The summed E-state index contributed by atoms with van der Waals surface area (Å²) in [5, 5.41) is 0.867. The minimum Gasteiger partial charge on any atom is -0.451 e. The molecule has 0 aliphatic carbocycles. The molecule has 0 bridgehead atoms. The van der Waals surface area contributed by atoms with Crippen LogP contribution in [-0.4, -0.2) is 23.9 Å². The summed E-state index contributed by atoms with van der Waals surface area (Å²) in [4.78, 5) is 14.0. The third-order valence-corrected chi connectivity index (χ3v) is 2.91. The van der Waals surface area contributed by atoms with Crippen molar-refractivity contribution in [2.75, 3.05) is 18.8 Å². The highest BCUT2D eigenvalue weighted by Crippen LogP contribution is 2.22. The first-order chi connectivity index (χ1) is 8.65. The number of hydrogen-bond donors (Lipinski definition) is 1. The summed E-state index contributed by atoms with van der Waals surface area (Å²) < 4.78 is 5.57. The number of amides is 1. The van der Waals surface area contributed by atoms with Crippen LogP contribution in [0.1, 0.15) is 30.8 Å². The first-order valence-electron chi connectivity index (χ1n) is 6.24. The number of carbonyl (C=O) groups excluding carboxylic acids is 1. The molecule has 1 aromatic carbocycles. The Morgan fingerprint density at radius 3 is 2.78 bits per heavy atom. The zero-order chi connectivity index (χ0) is 13.1. The van der Waals surface area contributed by atoms with Crippen LogP contribution in [0.4, 0.5) is 5.69 Å². The second-order valence-corrected chi connectivity index (χ2v) is 4.29. The minimum atomic E-state index is -0.0610. The lowest BCUT2D eigenvalue weighted by Crippen LogP contribution is -2.31. The third kappa shape index (κ3) is 2.32. The lowest BCUT2D eigenvalue weighted by atomic mass is 10.2. The molecule has 0 saturated heterocycles. The minimum absolute atomic E-state index is 0.0610. The van der Waals surface area contributed by atoms with E-state index in [4.69, 9.17) is 10.2 Å². The van der Waals surface area contributed by atoms with E-state index in [2.05, 4.69) is 6.92 Å². The molecule has 0 aliphatic rings. The van der Waals surface area contributed by atoms with E-state index >= 15 is 0 Å². The van der Waals surface area contributed by atoms with Crippen LogP contribution < -0.4 is 5.73 Å². The molecule has 0 saturated carbocycles. The maximum Gasteiger partial charge on any atom is 0.289 e. The van der Waals surface area contributed by atoms with Crippen LogP contribution >= 0.6 is 0 Å². The van der Waals surface area contributed by atoms with E-state index in [1.165, 1.54) is 0 Å². The predicted octanol–water partition coefficient (Wildman–Crippen LogP) is 2.89. The monoisotopic (exact) mass is 246 g/mol. The molecule has 18 heavy (non-hydrogen) atoms. The fourth-order valence-corrected chi connectivity index (χ4v) is 2.00. The van der Waals surface area contributed by atoms with Gasteiger partial charge in [-0.25, -0.2) is 0 Å². The van der Waals surface area contributed by atoms with Gasteiger partial charge in [-0.1, -0.05) is 6.92 Å². The van der Waals surface area contributed by atoms with Gasteiger partial charge < -0.3 is 15.1 Å². The maximum atomic E-state index is 12.2. The van der Waals surface area contributed by atoms with Crippen molar-refractivity contribution in [3.63, 3.8) is 0 Å². The van der Waals surface area contributed by atoms with Gasteiger partial charge in [-0.05, 0) is 37.6 Å². The lowest BCUT2D eigenvalue weighted by Gasteiger charge is -2.18. The van der Waals surface area contributed by atoms with Crippen LogP contribution in [0.15, 0.2) is 28.7 Å². The second kappa shape index (κ2) is 5.12. The molecule has 2 aromatic rings. The van der Waals surface area contributed by atoms with E-state index in [0.717, 1.165) is 18.4 Å². The van der Waals surface area contributed by atoms with Crippen molar-refractivity contribution < 1.29 is 9.21 Å². The Balaban J connectivity index is 2.32. The number of fused-ring (bicyclic) bond motifs is 1. The van der Waals surface area contributed by atoms with Crippen LogP contribution in [-0.2, 0) is 0 Å². The normalized spacial score (nSPS) is 10.8. The van der Waals surface area contributed by atoms with Gasteiger partial charge in [-0.2, -0.15) is 0 Å². The number of hydrogen-bond acceptors (Lipinski definition) is 3. The van der Waals surface area contributed by atoms with Gasteiger partial charge in [0.25, 0.3) is 5.91 Å². The molecule has 0 radical (unpaired) electrons. The molecule has 1 heterocycles. The molecule has 96 valence electrons. The number of carbonyl (C=O) groups is 1.